The molecule has 2 aliphatic heterocycles. The second-order valence-electron chi connectivity index (χ2n) is 7.07. The van der Waals surface area contributed by atoms with E-state index in [1.54, 1.807) is 0 Å². The Hall–Kier alpha value is -2.41. The number of halogens is 1. The standard InChI is InChI=1S/C20H21FN2O3S/c21-15-3-4-17-16(11-15)22-19(24)10-13-5-7-23(12-14(13)6-8-26-17)20(25)18-2-1-9-27-18/h1-4,9,11,13-14H,5-8,10,12H2,(H,22,24)/t13-,14-/m0/s1. The van der Waals surface area contributed by atoms with E-state index in [4.69, 9.17) is 4.74 Å². The van der Waals surface area contributed by atoms with Gasteiger partial charge in [0.25, 0.3) is 5.91 Å². The molecule has 0 radical (unpaired) electrons. The van der Waals surface area contributed by atoms with Gasteiger partial charge in [0, 0.05) is 25.6 Å². The highest BCUT2D eigenvalue weighted by Crippen LogP contribution is 2.33. The van der Waals surface area contributed by atoms with Gasteiger partial charge in [-0.05, 0) is 48.3 Å². The Morgan fingerprint density at radius 2 is 2.15 bits per heavy atom. The number of benzene rings is 1. The molecule has 4 rings (SSSR count). The number of nitrogens with one attached hydrogen (secondary N) is 1. The number of fused-ring (bicyclic) bond motifs is 2. The molecule has 27 heavy (non-hydrogen) atoms. The highest BCUT2D eigenvalue weighted by Gasteiger charge is 2.34. The van der Waals surface area contributed by atoms with Crippen molar-refractivity contribution in [3.05, 3.63) is 46.4 Å². The van der Waals surface area contributed by atoms with Crippen LogP contribution >= 0.6 is 11.3 Å². The van der Waals surface area contributed by atoms with Gasteiger partial charge in [-0.1, -0.05) is 6.07 Å². The topological polar surface area (TPSA) is 58.6 Å². The Bertz CT molecular complexity index is 840. The van der Waals surface area contributed by atoms with E-state index in [0.29, 0.717) is 37.6 Å². The average molecular weight is 388 g/mol. The predicted molar refractivity (Wildman–Crippen MR) is 102 cm³/mol. The molecular formula is C20H21FN2O3S. The van der Waals surface area contributed by atoms with Gasteiger partial charge in [0.2, 0.25) is 5.91 Å². The molecule has 0 bridgehead atoms. The van der Waals surface area contributed by atoms with Crippen molar-refractivity contribution >= 4 is 28.8 Å². The van der Waals surface area contributed by atoms with Crippen LogP contribution in [0.4, 0.5) is 10.1 Å². The third-order valence-corrected chi connectivity index (χ3v) is 6.18. The summed E-state index contributed by atoms with van der Waals surface area (Å²) in [5.41, 5.74) is 0.378. The summed E-state index contributed by atoms with van der Waals surface area (Å²) < 4.78 is 19.3. The molecule has 0 saturated carbocycles. The first-order chi connectivity index (χ1) is 13.1. The van der Waals surface area contributed by atoms with Crippen molar-refractivity contribution in [3.63, 3.8) is 0 Å². The first-order valence-electron chi connectivity index (χ1n) is 9.15. The molecular weight excluding hydrogens is 367 g/mol. The number of anilines is 1. The molecule has 1 aromatic carbocycles. The van der Waals surface area contributed by atoms with Crippen LogP contribution in [0.25, 0.3) is 0 Å². The lowest BCUT2D eigenvalue weighted by molar-refractivity contribution is -0.118. The Labute approximate surface area is 161 Å². The fraction of sp³-hybridized carbons (Fsp3) is 0.400. The fourth-order valence-electron chi connectivity index (χ4n) is 3.90. The monoisotopic (exact) mass is 388 g/mol. The summed E-state index contributed by atoms with van der Waals surface area (Å²) in [4.78, 5) is 27.8. The molecule has 1 N–H and O–H groups in total. The zero-order chi connectivity index (χ0) is 18.8. The Morgan fingerprint density at radius 3 is 2.96 bits per heavy atom. The Kier molecular flexibility index (Phi) is 5.11. The normalized spacial score (nSPS) is 22.9. The molecule has 2 aromatic rings. The number of carbonyl (C=O) groups excluding carboxylic acids is 2. The average Bonchev–Trinajstić information content (AvgIpc) is 3.18. The van der Waals surface area contributed by atoms with Crippen LogP contribution in [-0.2, 0) is 4.79 Å². The quantitative estimate of drug-likeness (QED) is 0.809. The number of hydrogen-bond donors (Lipinski definition) is 1. The smallest absolute Gasteiger partial charge is 0.263 e. The molecule has 1 fully saturated rings. The number of nitrogens with zero attached hydrogens (tertiary/aromatic N) is 1. The van der Waals surface area contributed by atoms with Crippen molar-refractivity contribution in [3.8, 4) is 5.75 Å². The van der Waals surface area contributed by atoms with E-state index in [1.807, 2.05) is 22.4 Å². The maximum atomic E-state index is 13.5. The van der Waals surface area contributed by atoms with E-state index in [9.17, 15) is 14.0 Å². The lowest BCUT2D eigenvalue weighted by Gasteiger charge is -2.38. The number of rotatable bonds is 1. The Morgan fingerprint density at radius 1 is 1.26 bits per heavy atom. The number of likely N-dealkylation sites (tertiary alicyclic amines) is 1. The SMILES string of the molecule is O=C1C[C@@H]2CCN(C(=O)c3cccs3)C[C@@H]2CCOc2ccc(F)cc2N1. The molecule has 2 amide bonds. The van der Waals surface area contributed by atoms with E-state index in [0.717, 1.165) is 17.7 Å². The molecule has 2 atom stereocenters. The highest BCUT2D eigenvalue weighted by atomic mass is 32.1. The molecule has 0 aliphatic carbocycles. The third kappa shape index (κ3) is 3.98. The van der Waals surface area contributed by atoms with E-state index in [-0.39, 0.29) is 23.7 Å². The van der Waals surface area contributed by atoms with Crippen LogP contribution in [0.5, 0.6) is 5.75 Å². The number of thiophene rings is 1. The van der Waals surface area contributed by atoms with Gasteiger partial charge in [0.1, 0.15) is 11.6 Å². The molecule has 1 aromatic heterocycles. The summed E-state index contributed by atoms with van der Waals surface area (Å²) in [6.07, 6.45) is 1.91. The van der Waals surface area contributed by atoms with Crippen LogP contribution in [0.15, 0.2) is 35.7 Å². The van der Waals surface area contributed by atoms with Crippen molar-refractivity contribution in [1.29, 1.82) is 0 Å². The van der Waals surface area contributed by atoms with Crippen molar-refractivity contribution < 1.29 is 18.7 Å². The van der Waals surface area contributed by atoms with Crippen LogP contribution < -0.4 is 10.1 Å². The molecule has 0 unspecified atom stereocenters. The lowest BCUT2D eigenvalue weighted by atomic mass is 9.81. The fourth-order valence-corrected chi connectivity index (χ4v) is 4.59. The minimum absolute atomic E-state index is 0.0618. The third-order valence-electron chi connectivity index (χ3n) is 5.32. The number of carbonyl (C=O) groups is 2. The number of amides is 2. The Balaban J connectivity index is 1.49. The van der Waals surface area contributed by atoms with Crippen molar-refractivity contribution in [2.24, 2.45) is 11.8 Å². The summed E-state index contributed by atoms with van der Waals surface area (Å²) >= 11 is 1.45. The van der Waals surface area contributed by atoms with Gasteiger partial charge in [0.15, 0.2) is 0 Å². The second-order valence-corrected chi connectivity index (χ2v) is 8.01. The minimum Gasteiger partial charge on any atom is -0.491 e. The number of piperidine rings is 1. The van der Waals surface area contributed by atoms with Gasteiger partial charge >= 0.3 is 0 Å². The van der Waals surface area contributed by atoms with Gasteiger partial charge in [-0.25, -0.2) is 4.39 Å². The van der Waals surface area contributed by atoms with Crippen LogP contribution in [0.3, 0.4) is 0 Å². The maximum absolute atomic E-state index is 13.5. The zero-order valence-corrected chi connectivity index (χ0v) is 15.6. The van der Waals surface area contributed by atoms with Crippen LogP contribution in [0, 0.1) is 17.7 Å². The van der Waals surface area contributed by atoms with Gasteiger partial charge in [-0.15, -0.1) is 11.3 Å². The largest absolute Gasteiger partial charge is 0.491 e. The van der Waals surface area contributed by atoms with Crippen molar-refractivity contribution in [2.45, 2.75) is 19.3 Å². The van der Waals surface area contributed by atoms with Gasteiger partial charge in [0.05, 0.1) is 17.2 Å². The zero-order valence-electron chi connectivity index (χ0n) is 14.8. The van der Waals surface area contributed by atoms with Crippen molar-refractivity contribution in [2.75, 3.05) is 25.0 Å². The van der Waals surface area contributed by atoms with Gasteiger partial charge in [-0.2, -0.15) is 0 Å². The maximum Gasteiger partial charge on any atom is 0.263 e. The lowest BCUT2D eigenvalue weighted by Crippen LogP contribution is -2.45. The van der Waals surface area contributed by atoms with E-state index in [1.165, 1.54) is 29.5 Å². The van der Waals surface area contributed by atoms with Crippen LogP contribution in [-0.4, -0.2) is 36.4 Å². The molecule has 2 aliphatic rings. The molecule has 142 valence electrons. The summed E-state index contributed by atoms with van der Waals surface area (Å²) in [6, 6.07) is 7.87. The van der Waals surface area contributed by atoms with Crippen LogP contribution in [0.1, 0.15) is 28.9 Å². The minimum atomic E-state index is -0.409. The van der Waals surface area contributed by atoms with Crippen molar-refractivity contribution in [1.82, 2.24) is 4.90 Å². The first kappa shape index (κ1) is 18.0. The summed E-state index contributed by atoms with van der Waals surface area (Å²) in [7, 11) is 0. The molecule has 5 nitrogen and oxygen atoms in total. The van der Waals surface area contributed by atoms with Crippen LogP contribution in [0.2, 0.25) is 0 Å². The highest BCUT2D eigenvalue weighted by molar-refractivity contribution is 7.12. The molecule has 1 saturated heterocycles. The first-order valence-corrected chi connectivity index (χ1v) is 10.0. The van der Waals surface area contributed by atoms with Gasteiger partial charge in [-0.3, -0.25) is 9.59 Å². The second kappa shape index (κ2) is 7.68. The summed E-state index contributed by atoms with van der Waals surface area (Å²) in [5, 5.41) is 4.68. The molecule has 3 heterocycles. The van der Waals surface area contributed by atoms with Gasteiger partial charge < -0.3 is 15.0 Å². The summed E-state index contributed by atoms with van der Waals surface area (Å²) in [5.74, 6) is 0.386. The van der Waals surface area contributed by atoms with E-state index in [2.05, 4.69) is 5.32 Å². The van der Waals surface area contributed by atoms with E-state index < -0.39 is 5.82 Å². The number of hydrogen-bond acceptors (Lipinski definition) is 4. The summed E-state index contributed by atoms with van der Waals surface area (Å²) in [6.45, 7) is 1.75. The number of ether oxygens (including phenoxy) is 1. The van der Waals surface area contributed by atoms with E-state index >= 15 is 0 Å². The molecule has 0 spiro atoms. The molecule has 7 heteroatoms. The predicted octanol–water partition coefficient (Wildman–Crippen LogP) is 3.78.